The first kappa shape index (κ1) is 40.7. The van der Waals surface area contributed by atoms with Crippen molar-refractivity contribution >= 4 is 29.8 Å². The number of hydrogen-bond donors (Lipinski definition) is 1. The average molecular weight is 811 g/mol. The van der Waals surface area contributed by atoms with E-state index in [1.165, 1.54) is 18.7 Å². The van der Waals surface area contributed by atoms with Crippen LogP contribution in [-0.4, -0.2) is 118 Å². The van der Waals surface area contributed by atoms with Gasteiger partial charge >= 0.3 is 18.0 Å². The van der Waals surface area contributed by atoms with Crippen molar-refractivity contribution in [2.24, 2.45) is 0 Å². The molecule has 2 fully saturated rings. The fourth-order valence-corrected chi connectivity index (χ4v) is 10.4. The summed E-state index contributed by atoms with van der Waals surface area (Å²) in [4.78, 5) is 44.3. The van der Waals surface area contributed by atoms with Crippen LogP contribution in [0.3, 0.4) is 0 Å². The molecule has 5 aliphatic rings. The summed E-state index contributed by atoms with van der Waals surface area (Å²) in [6.07, 6.45) is -0.254. The Labute approximate surface area is 336 Å². The lowest BCUT2D eigenvalue weighted by Crippen LogP contribution is -2.69. The van der Waals surface area contributed by atoms with Crippen LogP contribution in [0.5, 0.6) is 28.7 Å². The van der Waals surface area contributed by atoms with Crippen LogP contribution in [0.25, 0.3) is 0 Å². The number of nitrogens with zero attached hydrogens (tertiary/aromatic N) is 3. The number of carbonyl (C=O) groups excluding carboxylic acids is 3. The van der Waals surface area contributed by atoms with Gasteiger partial charge in [-0.15, -0.1) is 11.8 Å². The third-order valence-corrected chi connectivity index (χ3v) is 12.4. The van der Waals surface area contributed by atoms with Crippen LogP contribution in [0.4, 0.5) is 4.79 Å². The van der Waals surface area contributed by atoms with Gasteiger partial charge in [0.1, 0.15) is 30.0 Å². The molecule has 7 atom stereocenters. The van der Waals surface area contributed by atoms with Crippen LogP contribution in [0.15, 0.2) is 6.07 Å². The lowest BCUT2D eigenvalue weighted by molar-refractivity contribution is -0.151. The summed E-state index contributed by atoms with van der Waals surface area (Å²) >= 11 is 1.39. The third kappa shape index (κ3) is 7.31. The first-order valence-corrected chi connectivity index (χ1v) is 20.0. The molecule has 16 nitrogen and oxygen atoms in total. The van der Waals surface area contributed by atoms with Crippen molar-refractivity contribution in [1.82, 2.24) is 15.1 Å². The van der Waals surface area contributed by atoms with Gasteiger partial charge in [-0.1, -0.05) is 6.07 Å². The van der Waals surface area contributed by atoms with Crippen LogP contribution < -0.4 is 29.0 Å². The van der Waals surface area contributed by atoms with Crippen molar-refractivity contribution in [2.45, 2.75) is 95.1 Å². The number of alkyl carbamates (subject to hydrolysis) is 1. The summed E-state index contributed by atoms with van der Waals surface area (Å²) in [6.45, 7) is 10.7. The van der Waals surface area contributed by atoms with Gasteiger partial charge in [0, 0.05) is 54.1 Å². The maximum absolute atomic E-state index is 13.9. The van der Waals surface area contributed by atoms with E-state index in [2.05, 4.69) is 27.3 Å². The van der Waals surface area contributed by atoms with Gasteiger partial charge in [-0.2, -0.15) is 5.26 Å². The molecule has 3 unspecified atom stereocenters. The summed E-state index contributed by atoms with van der Waals surface area (Å²) in [5.41, 5.74) is 3.79. The summed E-state index contributed by atoms with van der Waals surface area (Å²) < 4.78 is 53.4. The molecular formula is C40H50N4O12S. The maximum Gasteiger partial charge on any atom is 0.408 e. The van der Waals surface area contributed by atoms with Gasteiger partial charge in [0.05, 0.1) is 43.7 Å². The monoisotopic (exact) mass is 810 g/mol. The summed E-state index contributed by atoms with van der Waals surface area (Å²) in [5.74, 6) is 1.11. The zero-order valence-corrected chi connectivity index (χ0v) is 34.5. The number of likely N-dealkylation sites (N-methyl/N-ethyl adjacent to an activating group) is 1. The fourth-order valence-electron chi connectivity index (χ4n) is 8.94. The highest BCUT2D eigenvalue weighted by Gasteiger charge is 2.61. The van der Waals surface area contributed by atoms with E-state index in [1.807, 2.05) is 20.9 Å². The van der Waals surface area contributed by atoms with E-state index >= 15 is 0 Å². The highest BCUT2D eigenvalue weighted by atomic mass is 32.2. The van der Waals surface area contributed by atoms with Gasteiger partial charge in [-0.05, 0) is 59.2 Å². The fraction of sp³-hybridized carbons (Fsp3) is 0.600. The topological polar surface area (TPSA) is 177 Å². The Kier molecular flexibility index (Phi) is 11.5. The van der Waals surface area contributed by atoms with E-state index in [1.54, 1.807) is 35.0 Å². The standard InChI is InChI=1S/C40H50N4O12S/c1-19-12-22-13-24-25(14-41)44-26-15-51-38(46)23(42-39(47)56-40(4,5)6)16-57-37(29-28(26)36-34(53-18-54-36)20(2)33(29)55-21(3)45)31(44)30(43(24)7)27(22)35(32(19)49-9)52-17-50-11-10-48-8/h12,23-26,30-31,37H,10-11,13,15-18H2,1-9H3,(H,42,47)/t23?,24-,25?,26-,30+,31?,37+/m0/s1. The molecule has 7 rings (SSSR count). The van der Waals surface area contributed by atoms with E-state index in [9.17, 15) is 19.6 Å². The Balaban J connectivity index is 1.46. The number of nitriles is 1. The van der Waals surface area contributed by atoms with Crippen LogP contribution in [0.2, 0.25) is 0 Å². The Morgan fingerprint density at radius 3 is 2.49 bits per heavy atom. The van der Waals surface area contributed by atoms with Gasteiger partial charge in [-0.3, -0.25) is 14.6 Å². The van der Waals surface area contributed by atoms with Crippen LogP contribution in [0.1, 0.15) is 78.4 Å². The van der Waals surface area contributed by atoms with E-state index in [0.717, 1.165) is 16.7 Å². The Bertz CT molecular complexity index is 1980. The van der Waals surface area contributed by atoms with Crippen LogP contribution in [-0.2, 0) is 35.0 Å². The van der Waals surface area contributed by atoms with Crippen molar-refractivity contribution in [1.29, 1.82) is 5.26 Å². The molecule has 0 spiro atoms. The molecular weight excluding hydrogens is 761 g/mol. The van der Waals surface area contributed by atoms with Crippen molar-refractivity contribution in [3.05, 3.63) is 39.4 Å². The third-order valence-electron chi connectivity index (χ3n) is 11.0. The minimum Gasteiger partial charge on any atom is -0.493 e. The molecule has 2 saturated heterocycles. The van der Waals surface area contributed by atoms with Crippen LogP contribution in [0, 0.1) is 25.2 Å². The number of benzene rings is 2. The van der Waals surface area contributed by atoms with Crippen LogP contribution >= 0.6 is 11.8 Å². The van der Waals surface area contributed by atoms with Crippen molar-refractivity contribution in [2.75, 3.05) is 60.4 Å². The predicted octanol–water partition coefficient (Wildman–Crippen LogP) is 4.42. The lowest BCUT2D eigenvalue weighted by atomic mass is 9.71. The summed E-state index contributed by atoms with van der Waals surface area (Å²) in [6, 6.07) is 0.905. The van der Waals surface area contributed by atoms with E-state index < -0.39 is 59.1 Å². The molecule has 57 heavy (non-hydrogen) atoms. The molecule has 1 N–H and O–H groups in total. The summed E-state index contributed by atoms with van der Waals surface area (Å²) in [7, 11) is 5.21. The normalized spacial score (nSPS) is 26.2. The molecule has 2 aromatic rings. The number of hydrogen-bond acceptors (Lipinski definition) is 16. The average Bonchev–Trinajstić information content (AvgIpc) is 3.63. The Hall–Kier alpha value is -4.47. The maximum atomic E-state index is 13.9. The molecule has 308 valence electrons. The highest BCUT2D eigenvalue weighted by molar-refractivity contribution is 7.99. The number of amides is 1. The second-order valence-electron chi connectivity index (χ2n) is 15.7. The second kappa shape index (κ2) is 16.1. The van der Waals surface area contributed by atoms with E-state index in [0.29, 0.717) is 65.1 Å². The molecule has 17 heteroatoms. The van der Waals surface area contributed by atoms with E-state index in [4.69, 9.17) is 42.6 Å². The van der Waals surface area contributed by atoms with Gasteiger partial charge in [0.15, 0.2) is 29.8 Å². The van der Waals surface area contributed by atoms with Crippen molar-refractivity contribution in [3.63, 3.8) is 0 Å². The summed E-state index contributed by atoms with van der Waals surface area (Å²) in [5, 5.41) is 13.3. The predicted molar refractivity (Wildman–Crippen MR) is 205 cm³/mol. The van der Waals surface area contributed by atoms with Crippen molar-refractivity contribution in [3.8, 4) is 34.8 Å². The molecule has 1 amide bonds. The number of ether oxygens (including phenoxy) is 9. The molecule has 0 saturated carbocycles. The number of thioether (sulfide) groups is 1. The van der Waals surface area contributed by atoms with E-state index in [-0.39, 0.29) is 32.0 Å². The minimum absolute atomic E-state index is 0.0437. The molecule has 0 aliphatic carbocycles. The Morgan fingerprint density at radius 1 is 1.05 bits per heavy atom. The van der Waals surface area contributed by atoms with Gasteiger partial charge < -0.3 is 47.9 Å². The Morgan fingerprint density at radius 2 is 1.81 bits per heavy atom. The lowest BCUT2D eigenvalue weighted by Gasteiger charge is -2.61. The quantitative estimate of drug-likeness (QED) is 0.163. The molecule has 0 radical (unpaired) electrons. The number of aryl methyl sites for hydroxylation is 1. The largest absolute Gasteiger partial charge is 0.493 e. The zero-order chi connectivity index (χ0) is 40.9. The number of cyclic esters (lactones) is 1. The number of piperazine rings is 1. The number of methoxy groups -OCH3 is 2. The van der Waals surface area contributed by atoms with Gasteiger partial charge in [-0.25, -0.2) is 9.59 Å². The second-order valence-corrected chi connectivity index (χ2v) is 16.9. The number of fused-ring (bicyclic) bond motifs is 9. The number of rotatable bonds is 9. The molecule has 5 heterocycles. The smallest absolute Gasteiger partial charge is 0.408 e. The zero-order valence-electron chi connectivity index (χ0n) is 33.7. The highest BCUT2D eigenvalue weighted by Crippen LogP contribution is 2.64. The minimum atomic E-state index is -1.10. The number of nitrogens with one attached hydrogen (secondary N) is 1. The van der Waals surface area contributed by atoms with Crippen molar-refractivity contribution < 1.29 is 57.0 Å². The van der Waals surface area contributed by atoms with Gasteiger partial charge in [0.2, 0.25) is 6.79 Å². The molecule has 0 aromatic heterocycles. The number of esters is 2. The first-order valence-electron chi connectivity index (χ1n) is 18.9. The first-order chi connectivity index (χ1) is 27.2. The number of carbonyl (C=O) groups is 3. The molecule has 5 aliphatic heterocycles. The molecule has 2 aromatic carbocycles. The van der Waals surface area contributed by atoms with Gasteiger partial charge in [0.25, 0.3) is 0 Å². The molecule has 4 bridgehead atoms. The SMILES string of the molecule is COCCOCOc1c(OC)c(C)cc2c1[C@@H]1C3[C@@H]4SCC(NC(=O)OC(C)(C)C)C(=O)OC[C@@H](c5c6c(c(C)c(OC(C)=O)c54)OCO6)N3C(C#N)[C@H](C2)N1C.